The first kappa shape index (κ1) is 15.6. The largest absolute Gasteiger partial charge is 0.490 e. The second kappa shape index (κ2) is 8.47. The van der Waals surface area contributed by atoms with Gasteiger partial charge < -0.3 is 10.1 Å². The normalized spacial score (nSPS) is 10.4. The van der Waals surface area contributed by atoms with Crippen LogP contribution in [0.5, 0.6) is 5.75 Å². The minimum Gasteiger partial charge on any atom is -0.490 e. The molecule has 22 heavy (non-hydrogen) atoms. The van der Waals surface area contributed by atoms with E-state index in [0.29, 0.717) is 13.2 Å². The molecule has 0 bridgehead atoms. The van der Waals surface area contributed by atoms with Crippen LogP contribution in [-0.4, -0.2) is 12.5 Å². The quantitative estimate of drug-likeness (QED) is 0.626. The highest BCUT2D eigenvalue weighted by Crippen LogP contribution is 2.13. The fourth-order valence-corrected chi connectivity index (χ4v) is 1.85. The van der Waals surface area contributed by atoms with Crippen molar-refractivity contribution in [3.8, 4) is 5.75 Å². The van der Waals surface area contributed by atoms with E-state index < -0.39 is 0 Å². The van der Waals surface area contributed by atoms with Crippen molar-refractivity contribution < 1.29 is 9.53 Å². The number of ether oxygens (including phenoxy) is 1. The molecule has 2 aromatic rings. The van der Waals surface area contributed by atoms with Crippen molar-refractivity contribution in [1.82, 2.24) is 5.32 Å². The second-order valence-corrected chi connectivity index (χ2v) is 4.71. The van der Waals surface area contributed by atoms with E-state index in [-0.39, 0.29) is 5.91 Å². The van der Waals surface area contributed by atoms with E-state index in [9.17, 15) is 4.79 Å². The Morgan fingerprint density at radius 2 is 1.82 bits per heavy atom. The van der Waals surface area contributed by atoms with Crippen LogP contribution in [0.1, 0.15) is 11.1 Å². The van der Waals surface area contributed by atoms with Crippen LogP contribution in [0.25, 0.3) is 6.08 Å². The molecule has 0 aliphatic heterocycles. The van der Waals surface area contributed by atoms with Gasteiger partial charge in [-0.05, 0) is 29.3 Å². The molecule has 0 aliphatic rings. The van der Waals surface area contributed by atoms with Gasteiger partial charge in [0.1, 0.15) is 12.4 Å². The standard InChI is InChI=1S/C19H19NO2/c1-2-14-22-18-11-8-16(9-12-18)10-13-19(21)20-15-17-6-4-3-5-7-17/h2-13H,1,14-15H2,(H,20,21)/b13-10+. The fourth-order valence-electron chi connectivity index (χ4n) is 1.85. The summed E-state index contributed by atoms with van der Waals surface area (Å²) in [4.78, 5) is 11.8. The van der Waals surface area contributed by atoms with E-state index in [2.05, 4.69) is 11.9 Å². The summed E-state index contributed by atoms with van der Waals surface area (Å²) in [6.07, 6.45) is 5.00. The third-order valence-electron chi connectivity index (χ3n) is 2.98. The molecule has 0 fully saturated rings. The molecule has 0 aromatic heterocycles. The van der Waals surface area contributed by atoms with Gasteiger partial charge in [0.15, 0.2) is 0 Å². The van der Waals surface area contributed by atoms with Crippen LogP contribution in [0.3, 0.4) is 0 Å². The van der Waals surface area contributed by atoms with Gasteiger partial charge in [-0.15, -0.1) is 0 Å². The van der Waals surface area contributed by atoms with Crippen molar-refractivity contribution in [2.45, 2.75) is 6.54 Å². The summed E-state index contributed by atoms with van der Waals surface area (Å²) in [6, 6.07) is 17.3. The highest BCUT2D eigenvalue weighted by atomic mass is 16.5. The van der Waals surface area contributed by atoms with Gasteiger partial charge in [-0.25, -0.2) is 0 Å². The van der Waals surface area contributed by atoms with E-state index in [1.165, 1.54) is 6.08 Å². The van der Waals surface area contributed by atoms with Gasteiger partial charge >= 0.3 is 0 Å². The average Bonchev–Trinajstić information content (AvgIpc) is 2.58. The van der Waals surface area contributed by atoms with Crippen molar-refractivity contribution >= 4 is 12.0 Å². The Labute approximate surface area is 130 Å². The molecule has 0 saturated carbocycles. The highest BCUT2D eigenvalue weighted by molar-refractivity contribution is 5.91. The summed E-state index contributed by atoms with van der Waals surface area (Å²) in [7, 11) is 0. The first-order valence-electron chi connectivity index (χ1n) is 7.11. The van der Waals surface area contributed by atoms with Crippen LogP contribution in [0.2, 0.25) is 0 Å². The number of hydrogen-bond donors (Lipinski definition) is 1. The third kappa shape index (κ3) is 5.29. The Balaban J connectivity index is 1.83. The maximum Gasteiger partial charge on any atom is 0.244 e. The first-order valence-corrected chi connectivity index (χ1v) is 7.11. The number of rotatable bonds is 7. The Morgan fingerprint density at radius 3 is 2.50 bits per heavy atom. The van der Waals surface area contributed by atoms with Crippen molar-refractivity contribution in [2.24, 2.45) is 0 Å². The number of benzene rings is 2. The molecular formula is C19H19NO2. The van der Waals surface area contributed by atoms with Crippen LogP contribution in [0, 0.1) is 0 Å². The minimum atomic E-state index is -0.115. The van der Waals surface area contributed by atoms with Crippen molar-refractivity contribution in [3.05, 3.63) is 84.5 Å². The molecule has 2 rings (SSSR count). The zero-order chi connectivity index (χ0) is 15.6. The fraction of sp³-hybridized carbons (Fsp3) is 0.105. The predicted molar refractivity (Wildman–Crippen MR) is 89.5 cm³/mol. The lowest BCUT2D eigenvalue weighted by Gasteiger charge is -2.03. The van der Waals surface area contributed by atoms with Crippen molar-refractivity contribution in [3.63, 3.8) is 0 Å². The van der Waals surface area contributed by atoms with E-state index in [4.69, 9.17) is 4.74 Å². The van der Waals surface area contributed by atoms with Crippen LogP contribution < -0.4 is 10.1 Å². The maximum atomic E-state index is 11.8. The zero-order valence-corrected chi connectivity index (χ0v) is 12.4. The molecule has 1 amide bonds. The Hall–Kier alpha value is -2.81. The van der Waals surface area contributed by atoms with Crippen LogP contribution in [-0.2, 0) is 11.3 Å². The summed E-state index contributed by atoms with van der Waals surface area (Å²) in [5, 5.41) is 2.85. The molecule has 0 unspecified atom stereocenters. The zero-order valence-electron chi connectivity index (χ0n) is 12.4. The molecule has 112 valence electrons. The van der Waals surface area contributed by atoms with Gasteiger partial charge in [0, 0.05) is 12.6 Å². The van der Waals surface area contributed by atoms with Gasteiger partial charge in [-0.3, -0.25) is 4.79 Å². The lowest BCUT2D eigenvalue weighted by molar-refractivity contribution is -0.116. The van der Waals surface area contributed by atoms with Crippen molar-refractivity contribution in [1.29, 1.82) is 0 Å². The summed E-state index contributed by atoms with van der Waals surface area (Å²) in [6.45, 7) is 4.61. The predicted octanol–water partition coefficient (Wildman–Crippen LogP) is 3.58. The Kier molecular flexibility index (Phi) is 6.00. The average molecular weight is 293 g/mol. The number of carbonyl (C=O) groups excluding carboxylic acids is 1. The van der Waals surface area contributed by atoms with E-state index in [0.717, 1.165) is 16.9 Å². The monoisotopic (exact) mass is 293 g/mol. The molecule has 2 aromatic carbocycles. The molecule has 0 radical (unpaired) electrons. The van der Waals surface area contributed by atoms with Gasteiger partial charge in [-0.2, -0.15) is 0 Å². The minimum absolute atomic E-state index is 0.115. The van der Waals surface area contributed by atoms with Crippen LogP contribution in [0.4, 0.5) is 0 Å². The third-order valence-corrected chi connectivity index (χ3v) is 2.98. The molecular weight excluding hydrogens is 274 g/mol. The molecule has 3 nitrogen and oxygen atoms in total. The lowest BCUT2D eigenvalue weighted by atomic mass is 10.2. The Bertz CT molecular complexity index is 630. The molecule has 0 heterocycles. The number of hydrogen-bond acceptors (Lipinski definition) is 2. The van der Waals surface area contributed by atoms with Crippen LogP contribution in [0.15, 0.2) is 73.3 Å². The molecule has 0 atom stereocenters. The molecule has 1 N–H and O–H groups in total. The molecule has 0 saturated heterocycles. The van der Waals surface area contributed by atoms with E-state index in [1.807, 2.05) is 54.6 Å². The summed E-state index contributed by atoms with van der Waals surface area (Å²) >= 11 is 0. The second-order valence-electron chi connectivity index (χ2n) is 4.71. The summed E-state index contributed by atoms with van der Waals surface area (Å²) < 4.78 is 5.40. The van der Waals surface area contributed by atoms with Gasteiger partial charge in [0.2, 0.25) is 5.91 Å². The number of nitrogens with one attached hydrogen (secondary N) is 1. The summed E-state index contributed by atoms with van der Waals surface area (Å²) in [5.41, 5.74) is 2.02. The topological polar surface area (TPSA) is 38.3 Å². The maximum absolute atomic E-state index is 11.8. The van der Waals surface area contributed by atoms with Crippen LogP contribution >= 0.6 is 0 Å². The SMILES string of the molecule is C=CCOc1ccc(/C=C/C(=O)NCc2ccccc2)cc1. The molecule has 0 spiro atoms. The summed E-state index contributed by atoms with van der Waals surface area (Å²) in [5.74, 6) is 0.668. The van der Waals surface area contributed by atoms with E-state index >= 15 is 0 Å². The highest BCUT2D eigenvalue weighted by Gasteiger charge is 1.97. The molecule has 0 aliphatic carbocycles. The Morgan fingerprint density at radius 1 is 1.09 bits per heavy atom. The van der Waals surface area contributed by atoms with Gasteiger partial charge in [-0.1, -0.05) is 55.1 Å². The van der Waals surface area contributed by atoms with Crippen molar-refractivity contribution in [2.75, 3.05) is 6.61 Å². The smallest absolute Gasteiger partial charge is 0.244 e. The van der Waals surface area contributed by atoms with Gasteiger partial charge in [0.05, 0.1) is 0 Å². The number of amides is 1. The van der Waals surface area contributed by atoms with Gasteiger partial charge in [0.25, 0.3) is 0 Å². The lowest BCUT2D eigenvalue weighted by Crippen LogP contribution is -2.20. The van der Waals surface area contributed by atoms with E-state index in [1.54, 1.807) is 12.2 Å². The number of carbonyl (C=O) groups is 1. The molecule has 3 heteroatoms. The first-order chi connectivity index (χ1) is 10.8.